The predicted octanol–water partition coefficient (Wildman–Crippen LogP) is 0.808. The van der Waals surface area contributed by atoms with Gasteiger partial charge >= 0.3 is 0 Å². The maximum Gasteiger partial charge on any atom is 0.239 e. The summed E-state index contributed by atoms with van der Waals surface area (Å²) in [6.07, 6.45) is 0.515. The van der Waals surface area contributed by atoms with Crippen molar-refractivity contribution in [2.45, 2.75) is 39.7 Å². The molecule has 0 spiro atoms. The molecule has 1 aromatic carbocycles. The number of aryl methyl sites for hydroxylation is 1. The second-order valence-corrected chi connectivity index (χ2v) is 10.4. The first-order chi connectivity index (χ1) is 14.1. The Morgan fingerprint density at radius 3 is 2.63 bits per heavy atom. The Morgan fingerprint density at radius 1 is 1.27 bits per heavy atom. The number of hydrogen-bond donors (Lipinski definition) is 1. The molecule has 2 saturated heterocycles. The molecule has 0 saturated carbocycles. The zero-order valence-electron chi connectivity index (χ0n) is 17.7. The first-order valence-electron chi connectivity index (χ1n) is 10.3. The molecule has 2 atom stereocenters. The van der Waals surface area contributed by atoms with E-state index in [1.807, 2.05) is 32.0 Å². The molecule has 2 heterocycles. The van der Waals surface area contributed by atoms with Gasteiger partial charge in [-0.2, -0.15) is 0 Å². The first kappa shape index (κ1) is 22.3. The van der Waals surface area contributed by atoms with Crippen LogP contribution < -0.4 is 10.2 Å². The molecule has 164 valence electrons. The molecule has 3 rings (SSSR count). The maximum absolute atomic E-state index is 13.0. The quantitative estimate of drug-likeness (QED) is 0.712. The number of anilines is 1. The third kappa shape index (κ3) is 4.83. The van der Waals surface area contributed by atoms with Gasteiger partial charge in [-0.25, -0.2) is 8.42 Å². The smallest absolute Gasteiger partial charge is 0.239 e. The molecule has 3 amide bonds. The van der Waals surface area contributed by atoms with E-state index >= 15 is 0 Å². The van der Waals surface area contributed by atoms with Crippen LogP contribution in [0.5, 0.6) is 0 Å². The largest absolute Gasteiger partial charge is 0.351 e. The van der Waals surface area contributed by atoms with Crippen molar-refractivity contribution >= 4 is 33.2 Å². The van der Waals surface area contributed by atoms with E-state index in [9.17, 15) is 22.8 Å². The van der Waals surface area contributed by atoms with Crippen LogP contribution in [0.25, 0.3) is 0 Å². The molecule has 0 bridgehead atoms. The molecular weight excluding hydrogens is 406 g/mol. The summed E-state index contributed by atoms with van der Waals surface area (Å²) in [5.74, 6) is -1.18. The fourth-order valence-electron chi connectivity index (χ4n) is 4.09. The second kappa shape index (κ2) is 8.75. The highest BCUT2D eigenvalue weighted by Crippen LogP contribution is 2.30. The van der Waals surface area contributed by atoms with Gasteiger partial charge in [-0.15, -0.1) is 0 Å². The molecule has 1 aromatic rings. The summed E-state index contributed by atoms with van der Waals surface area (Å²) in [6, 6.07) is 5.36. The molecule has 0 aromatic heterocycles. The van der Waals surface area contributed by atoms with E-state index in [0.29, 0.717) is 19.5 Å². The summed E-state index contributed by atoms with van der Waals surface area (Å²) >= 11 is 0. The van der Waals surface area contributed by atoms with E-state index in [4.69, 9.17) is 0 Å². The summed E-state index contributed by atoms with van der Waals surface area (Å²) in [4.78, 5) is 41.0. The molecule has 8 nitrogen and oxygen atoms in total. The molecule has 2 aliphatic rings. The second-order valence-electron chi connectivity index (χ2n) is 8.14. The van der Waals surface area contributed by atoms with Crippen LogP contribution in [-0.4, -0.2) is 68.2 Å². The zero-order valence-corrected chi connectivity index (χ0v) is 18.5. The standard InChI is InChI=1S/C21H29N3O5S/c1-4-23(12-19(25)22-17-8-9-30(28,29)13-17)21(27)16-10-20(26)24(11-16)18-7-5-6-14(2)15(18)3/h5-7,16-17H,4,8-13H2,1-3H3,(H,22,25)/t16-,17-/m0/s1. The van der Waals surface area contributed by atoms with Gasteiger partial charge < -0.3 is 15.1 Å². The summed E-state index contributed by atoms with van der Waals surface area (Å²) in [5, 5.41) is 2.71. The van der Waals surface area contributed by atoms with Gasteiger partial charge in [-0.05, 0) is 44.4 Å². The van der Waals surface area contributed by atoms with Crippen LogP contribution in [0.1, 0.15) is 30.9 Å². The number of amides is 3. The fourth-order valence-corrected chi connectivity index (χ4v) is 5.77. The predicted molar refractivity (Wildman–Crippen MR) is 114 cm³/mol. The minimum atomic E-state index is -3.09. The van der Waals surface area contributed by atoms with Gasteiger partial charge in [0.2, 0.25) is 17.7 Å². The number of nitrogens with zero attached hydrogens (tertiary/aromatic N) is 2. The lowest BCUT2D eigenvalue weighted by molar-refractivity contribution is -0.139. The monoisotopic (exact) mass is 435 g/mol. The number of carbonyl (C=O) groups is 3. The summed E-state index contributed by atoms with van der Waals surface area (Å²) in [7, 11) is -3.09. The van der Waals surface area contributed by atoms with Crippen LogP contribution >= 0.6 is 0 Å². The molecular formula is C21H29N3O5S. The van der Waals surface area contributed by atoms with Crippen LogP contribution in [0.4, 0.5) is 5.69 Å². The van der Waals surface area contributed by atoms with E-state index < -0.39 is 21.8 Å². The highest BCUT2D eigenvalue weighted by Gasteiger charge is 2.38. The van der Waals surface area contributed by atoms with Crippen LogP contribution in [0.15, 0.2) is 18.2 Å². The third-order valence-electron chi connectivity index (χ3n) is 5.97. The molecule has 0 radical (unpaired) electrons. The van der Waals surface area contributed by atoms with Crippen LogP contribution in [-0.2, 0) is 24.2 Å². The molecule has 9 heteroatoms. The molecule has 30 heavy (non-hydrogen) atoms. The Kier molecular flexibility index (Phi) is 6.50. The normalized spacial score (nSPS) is 22.9. The van der Waals surface area contributed by atoms with E-state index in [-0.39, 0.29) is 42.2 Å². The van der Waals surface area contributed by atoms with Crippen LogP contribution in [0.2, 0.25) is 0 Å². The topological polar surface area (TPSA) is 104 Å². The number of rotatable bonds is 6. The maximum atomic E-state index is 13.0. The van der Waals surface area contributed by atoms with Gasteiger partial charge in [0.1, 0.15) is 0 Å². The van der Waals surface area contributed by atoms with Crippen LogP contribution in [0, 0.1) is 19.8 Å². The molecule has 2 fully saturated rings. The molecule has 2 aliphatic heterocycles. The van der Waals surface area contributed by atoms with Crippen molar-refractivity contribution in [2.24, 2.45) is 5.92 Å². The van der Waals surface area contributed by atoms with Gasteiger partial charge in [0.25, 0.3) is 0 Å². The first-order valence-corrected chi connectivity index (χ1v) is 12.1. The van der Waals surface area contributed by atoms with E-state index in [0.717, 1.165) is 16.8 Å². The van der Waals surface area contributed by atoms with Crippen molar-refractivity contribution < 1.29 is 22.8 Å². The number of nitrogens with one attached hydrogen (secondary N) is 1. The average molecular weight is 436 g/mol. The Bertz CT molecular complexity index is 959. The lowest BCUT2D eigenvalue weighted by atomic mass is 10.1. The van der Waals surface area contributed by atoms with Crippen molar-refractivity contribution in [3.63, 3.8) is 0 Å². The van der Waals surface area contributed by atoms with Gasteiger partial charge in [0.05, 0.1) is 24.0 Å². The third-order valence-corrected chi connectivity index (χ3v) is 7.73. The minimum absolute atomic E-state index is 0.0548. The van der Waals surface area contributed by atoms with Gasteiger partial charge in [0, 0.05) is 31.2 Å². The highest BCUT2D eigenvalue weighted by atomic mass is 32.2. The van der Waals surface area contributed by atoms with Crippen molar-refractivity contribution in [3.8, 4) is 0 Å². The number of likely N-dealkylation sites (N-methyl/N-ethyl adjacent to an activating group) is 1. The number of benzene rings is 1. The molecule has 0 aliphatic carbocycles. The summed E-state index contributed by atoms with van der Waals surface area (Å²) < 4.78 is 23.1. The lowest BCUT2D eigenvalue weighted by Gasteiger charge is -2.25. The van der Waals surface area contributed by atoms with Crippen molar-refractivity contribution in [1.29, 1.82) is 0 Å². The van der Waals surface area contributed by atoms with Crippen molar-refractivity contribution in [3.05, 3.63) is 29.3 Å². The lowest BCUT2D eigenvalue weighted by Crippen LogP contribution is -2.46. The molecule has 1 N–H and O–H groups in total. The minimum Gasteiger partial charge on any atom is -0.351 e. The van der Waals surface area contributed by atoms with E-state index in [1.165, 1.54) is 4.90 Å². The van der Waals surface area contributed by atoms with E-state index in [1.54, 1.807) is 11.8 Å². The Labute approximate surface area is 177 Å². The number of sulfone groups is 1. The van der Waals surface area contributed by atoms with Crippen LogP contribution in [0.3, 0.4) is 0 Å². The van der Waals surface area contributed by atoms with E-state index in [2.05, 4.69) is 5.32 Å². The molecule has 0 unspecified atom stereocenters. The summed E-state index contributed by atoms with van der Waals surface area (Å²) in [5.41, 5.74) is 2.91. The van der Waals surface area contributed by atoms with Crippen molar-refractivity contribution in [2.75, 3.05) is 36.0 Å². The van der Waals surface area contributed by atoms with Gasteiger partial charge in [-0.3, -0.25) is 14.4 Å². The Morgan fingerprint density at radius 2 is 2.00 bits per heavy atom. The fraction of sp³-hybridized carbons (Fsp3) is 0.571. The van der Waals surface area contributed by atoms with Gasteiger partial charge in [0.15, 0.2) is 9.84 Å². The van der Waals surface area contributed by atoms with Gasteiger partial charge in [-0.1, -0.05) is 12.1 Å². The number of carbonyl (C=O) groups excluding carboxylic acids is 3. The summed E-state index contributed by atoms with van der Waals surface area (Å²) in [6.45, 7) is 6.21. The Hall–Kier alpha value is -2.42. The Balaban J connectivity index is 1.62. The number of hydrogen-bond acceptors (Lipinski definition) is 5. The average Bonchev–Trinajstić information content (AvgIpc) is 3.23. The zero-order chi connectivity index (χ0) is 22.1. The van der Waals surface area contributed by atoms with Crippen molar-refractivity contribution in [1.82, 2.24) is 10.2 Å². The highest BCUT2D eigenvalue weighted by molar-refractivity contribution is 7.91. The SMILES string of the molecule is CCN(CC(=O)N[C@H]1CCS(=O)(=O)C1)C(=O)[C@H]1CC(=O)N(c2cccc(C)c2C)C1.